The molecule has 0 spiro atoms. The average Bonchev–Trinajstić information content (AvgIpc) is 3.20. The highest BCUT2D eigenvalue weighted by atomic mass is 127. The predicted octanol–water partition coefficient (Wildman–Crippen LogP) is 4.34. The summed E-state index contributed by atoms with van der Waals surface area (Å²) in [5.74, 6) is 2.97. The highest BCUT2D eigenvalue weighted by molar-refractivity contribution is 14.0. The van der Waals surface area contributed by atoms with E-state index in [4.69, 9.17) is 14.1 Å². The summed E-state index contributed by atoms with van der Waals surface area (Å²) in [6.07, 6.45) is 5.95. The van der Waals surface area contributed by atoms with Crippen molar-refractivity contribution in [1.29, 1.82) is 0 Å². The molecule has 1 N–H and O–H groups in total. The lowest BCUT2D eigenvalue weighted by Gasteiger charge is -2.34. The summed E-state index contributed by atoms with van der Waals surface area (Å²) >= 11 is 0. The van der Waals surface area contributed by atoms with Gasteiger partial charge in [-0.1, -0.05) is 25.1 Å². The normalized spacial score (nSPS) is 15.3. The largest absolute Gasteiger partial charge is 0.490 e. The van der Waals surface area contributed by atoms with Gasteiger partial charge < -0.3 is 19.4 Å². The summed E-state index contributed by atoms with van der Waals surface area (Å²) in [6.45, 7) is 5.77. The summed E-state index contributed by atoms with van der Waals surface area (Å²) in [5.41, 5.74) is 0. The van der Waals surface area contributed by atoms with E-state index in [1.165, 1.54) is 0 Å². The highest BCUT2D eigenvalue weighted by Crippen LogP contribution is 2.18. The molecule has 1 aromatic heterocycles. The lowest BCUT2D eigenvalue weighted by Crippen LogP contribution is -2.48. The maximum atomic E-state index is 6.10. The van der Waals surface area contributed by atoms with E-state index in [1.807, 2.05) is 42.5 Å². The molecule has 1 saturated heterocycles. The Morgan fingerprint density at radius 3 is 2.63 bits per heavy atom. The number of piperidine rings is 1. The van der Waals surface area contributed by atoms with E-state index < -0.39 is 0 Å². The van der Waals surface area contributed by atoms with Gasteiger partial charge in [-0.05, 0) is 30.7 Å². The molecule has 1 aliphatic heterocycles. The Morgan fingerprint density at radius 1 is 1.19 bits per heavy atom. The van der Waals surface area contributed by atoms with Gasteiger partial charge in [-0.3, -0.25) is 4.99 Å². The predicted molar refractivity (Wildman–Crippen MR) is 120 cm³/mol. The van der Waals surface area contributed by atoms with Crippen molar-refractivity contribution in [3.05, 3.63) is 54.5 Å². The topological polar surface area (TPSA) is 50.0 Å². The van der Waals surface area contributed by atoms with Crippen molar-refractivity contribution in [2.24, 2.45) is 4.99 Å². The van der Waals surface area contributed by atoms with E-state index in [0.29, 0.717) is 0 Å². The van der Waals surface area contributed by atoms with E-state index in [1.54, 1.807) is 6.26 Å². The van der Waals surface area contributed by atoms with Gasteiger partial charge in [0.2, 0.25) is 0 Å². The number of hydrogen-bond acceptors (Lipinski definition) is 3. The first kappa shape index (κ1) is 21.6. The number of ether oxygens (including phenoxy) is 1. The Hall–Kier alpha value is -1.70. The Balaban J connectivity index is 0.00000261. The van der Waals surface area contributed by atoms with Crippen LogP contribution in [0.1, 0.15) is 31.9 Å². The number of nitrogens with one attached hydrogen (secondary N) is 1. The monoisotopic (exact) mass is 483 g/mol. The standard InChI is InChI=1S/C21H29N3O2.HI/c1-2-13-22-21(23-14-10-18-9-6-17-25-18)24-15-11-20(12-16-24)26-19-7-4-3-5-8-19;/h3-9,17,20H,2,10-16H2,1H3,(H,22,23);1H. The van der Waals surface area contributed by atoms with Crippen LogP contribution in [0.4, 0.5) is 0 Å². The van der Waals surface area contributed by atoms with E-state index in [9.17, 15) is 0 Å². The summed E-state index contributed by atoms with van der Waals surface area (Å²) in [5, 5.41) is 3.50. The van der Waals surface area contributed by atoms with E-state index in [2.05, 4.69) is 17.1 Å². The summed E-state index contributed by atoms with van der Waals surface area (Å²) in [7, 11) is 0. The lowest BCUT2D eigenvalue weighted by atomic mass is 10.1. The first-order chi connectivity index (χ1) is 12.8. The summed E-state index contributed by atoms with van der Waals surface area (Å²) in [4.78, 5) is 7.10. The summed E-state index contributed by atoms with van der Waals surface area (Å²) in [6, 6.07) is 14.0. The molecule has 3 rings (SSSR count). The molecule has 0 atom stereocenters. The number of para-hydroxylation sites is 1. The van der Waals surface area contributed by atoms with Crippen molar-refractivity contribution in [1.82, 2.24) is 10.2 Å². The van der Waals surface area contributed by atoms with Crippen molar-refractivity contribution in [2.45, 2.75) is 38.7 Å². The molecule has 0 radical (unpaired) electrons. The first-order valence-electron chi connectivity index (χ1n) is 9.62. The zero-order valence-electron chi connectivity index (χ0n) is 16.0. The minimum atomic E-state index is 0. The zero-order valence-corrected chi connectivity index (χ0v) is 18.3. The Morgan fingerprint density at radius 2 is 1.96 bits per heavy atom. The van der Waals surface area contributed by atoms with Crippen molar-refractivity contribution in [2.75, 3.05) is 26.2 Å². The Kier molecular flexibility index (Phi) is 9.52. The van der Waals surface area contributed by atoms with Gasteiger partial charge in [-0.15, -0.1) is 24.0 Å². The molecule has 27 heavy (non-hydrogen) atoms. The van der Waals surface area contributed by atoms with Crippen LogP contribution in [0.25, 0.3) is 0 Å². The number of furan rings is 1. The third-order valence-corrected chi connectivity index (χ3v) is 4.51. The van der Waals surface area contributed by atoms with Crippen molar-refractivity contribution >= 4 is 29.9 Å². The second kappa shape index (κ2) is 11.9. The Labute approximate surface area is 179 Å². The third kappa shape index (κ3) is 7.08. The van der Waals surface area contributed by atoms with Crippen LogP contribution < -0.4 is 10.1 Å². The fraction of sp³-hybridized carbons (Fsp3) is 0.476. The van der Waals surface area contributed by atoms with Gasteiger partial charge in [-0.25, -0.2) is 0 Å². The van der Waals surface area contributed by atoms with Crippen LogP contribution in [0.2, 0.25) is 0 Å². The molecule has 2 heterocycles. The number of hydrogen-bond donors (Lipinski definition) is 1. The quantitative estimate of drug-likeness (QED) is 0.362. The fourth-order valence-corrected chi connectivity index (χ4v) is 3.11. The van der Waals surface area contributed by atoms with Crippen LogP contribution in [0.15, 0.2) is 58.1 Å². The maximum absolute atomic E-state index is 6.10. The van der Waals surface area contributed by atoms with E-state index >= 15 is 0 Å². The van der Waals surface area contributed by atoms with Gasteiger partial charge in [-0.2, -0.15) is 0 Å². The van der Waals surface area contributed by atoms with E-state index in [-0.39, 0.29) is 30.1 Å². The number of nitrogens with zero attached hydrogens (tertiary/aromatic N) is 2. The molecular weight excluding hydrogens is 453 g/mol. The fourth-order valence-electron chi connectivity index (χ4n) is 3.11. The molecule has 5 nitrogen and oxygen atoms in total. The third-order valence-electron chi connectivity index (χ3n) is 4.51. The number of guanidine groups is 1. The van der Waals surface area contributed by atoms with Gasteiger partial charge in [0.1, 0.15) is 17.6 Å². The van der Waals surface area contributed by atoms with Crippen molar-refractivity contribution in [3.8, 4) is 5.75 Å². The number of benzene rings is 1. The van der Waals surface area contributed by atoms with Crippen LogP contribution in [0.5, 0.6) is 5.75 Å². The SMILES string of the molecule is CCCN=C(NCCc1ccco1)N1CCC(Oc2ccccc2)CC1.I. The van der Waals surface area contributed by atoms with Crippen molar-refractivity contribution in [3.63, 3.8) is 0 Å². The number of likely N-dealkylation sites (tertiary alicyclic amines) is 1. The highest BCUT2D eigenvalue weighted by Gasteiger charge is 2.22. The van der Waals surface area contributed by atoms with E-state index in [0.717, 1.165) is 69.3 Å². The molecule has 0 amide bonds. The second-order valence-corrected chi connectivity index (χ2v) is 6.58. The average molecular weight is 483 g/mol. The van der Waals surface area contributed by atoms with Crippen LogP contribution in [0.3, 0.4) is 0 Å². The maximum Gasteiger partial charge on any atom is 0.193 e. The van der Waals surface area contributed by atoms with Gasteiger partial charge >= 0.3 is 0 Å². The van der Waals surface area contributed by atoms with Crippen LogP contribution in [0, 0.1) is 0 Å². The van der Waals surface area contributed by atoms with Crippen LogP contribution in [-0.4, -0.2) is 43.1 Å². The number of rotatable bonds is 7. The summed E-state index contributed by atoms with van der Waals surface area (Å²) < 4.78 is 11.5. The minimum absolute atomic E-state index is 0. The smallest absolute Gasteiger partial charge is 0.193 e. The molecule has 1 aliphatic rings. The van der Waals surface area contributed by atoms with Crippen molar-refractivity contribution < 1.29 is 9.15 Å². The van der Waals surface area contributed by atoms with Crippen LogP contribution >= 0.6 is 24.0 Å². The lowest BCUT2D eigenvalue weighted by molar-refractivity contribution is 0.129. The van der Waals surface area contributed by atoms with Gasteiger partial charge in [0, 0.05) is 45.4 Å². The van der Waals surface area contributed by atoms with Gasteiger partial charge in [0.25, 0.3) is 0 Å². The molecule has 0 saturated carbocycles. The minimum Gasteiger partial charge on any atom is -0.490 e. The van der Waals surface area contributed by atoms with Crippen LogP contribution in [-0.2, 0) is 6.42 Å². The molecule has 0 unspecified atom stereocenters. The van der Waals surface area contributed by atoms with Gasteiger partial charge in [0.15, 0.2) is 5.96 Å². The first-order valence-corrected chi connectivity index (χ1v) is 9.62. The molecule has 2 aromatic rings. The molecule has 148 valence electrons. The molecule has 0 aliphatic carbocycles. The molecule has 1 aromatic carbocycles. The molecular formula is C21H30IN3O2. The zero-order chi connectivity index (χ0) is 18.0. The number of halogens is 1. The molecule has 0 bridgehead atoms. The molecule has 6 heteroatoms. The molecule has 1 fully saturated rings. The van der Waals surface area contributed by atoms with Gasteiger partial charge in [0.05, 0.1) is 6.26 Å². The second-order valence-electron chi connectivity index (χ2n) is 6.58. The number of aliphatic imine (C=N–C) groups is 1. The Bertz CT molecular complexity index is 653.